The molecule has 3 nitrogen and oxygen atoms in total. The van der Waals surface area contributed by atoms with Crippen LogP contribution in [0.25, 0.3) is 6.08 Å². The first kappa shape index (κ1) is 15.1. The third-order valence-corrected chi connectivity index (χ3v) is 3.13. The number of amides is 1. The molecule has 0 aliphatic heterocycles. The number of nitrogens with one attached hydrogen (secondary N) is 1. The lowest BCUT2D eigenvalue weighted by Gasteiger charge is -2.06. The van der Waals surface area contributed by atoms with Gasteiger partial charge in [0.1, 0.15) is 5.82 Å². The lowest BCUT2D eigenvalue weighted by molar-refractivity contribution is -0.111. The van der Waals surface area contributed by atoms with Gasteiger partial charge in [-0.2, -0.15) is 0 Å². The molecule has 0 radical (unpaired) electrons. The first-order valence-corrected chi connectivity index (χ1v) is 6.64. The van der Waals surface area contributed by atoms with Crippen LogP contribution in [0.15, 0.2) is 42.5 Å². The lowest BCUT2D eigenvalue weighted by Crippen LogP contribution is -2.08. The summed E-state index contributed by atoms with van der Waals surface area (Å²) in [5.74, 6) is -0.767. The van der Waals surface area contributed by atoms with E-state index < -0.39 is 5.82 Å². The summed E-state index contributed by atoms with van der Waals surface area (Å²) in [5.41, 5.74) is 7.72. The maximum Gasteiger partial charge on any atom is 0.248 e. The molecule has 2 rings (SSSR count). The van der Waals surface area contributed by atoms with E-state index in [2.05, 4.69) is 5.32 Å². The smallest absolute Gasteiger partial charge is 0.248 e. The molecule has 0 spiro atoms. The van der Waals surface area contributed by atoms with Crippen molar-refractivity contribution in [1.82, 2.24) is 0 Å². The predicted octanol–water partition coefficient (Wildman–Crippen LogP) is 4.02. The fourth-order valence-corrected chi connectivity index (χ4v) is 2.01. The fraction of sp³-hybridized carbons (Fsp3) is 0.0625. The van der Waals surface area contributed by atoms with E-state index in [-0.39, 0.29) is 11.6 Å². The van der Waals surface area contributed by atoms with Crippen molar-refractivity contribution >= 4 is 35.0 Å². The third-order valence-electron chi connectivity index (χ3n) is 2.89. The highest BCUT2D eigenvalue weighted by Crippen LogP contribution is 2.19. The van der Waals surface area contributed by atoms with Gasteiger partial charge in [0.25, 0.3) is 0 Å². The molecule has 108 valence electrons. The molecule has 21 heavy (non-hydrogen) atoms. The molecular weight excluding hydrogens is 291 g/mol. The van der Waals surface area contributed by atoms with Crippen molar-refractivity contribution in [2.24, 2.45) is 0 Å². The standard InChI is InChI=1S/C16H14ClFN2O/c1-10-8-12(17)4-6-15(10)20-16(21)7-3-11-2-5-13(18)14(19)9-11/h2-9H,19H2,1H3,(H,20,21)/b7-3+. The molecule has 0 bridgehead atoms. The lowest BCUT2D eigenvalue weighted by atomic mass is 10.1. The Morgan fingerprint density at radius 1 is 1.29 bits per heavy atom. The Labute approximate surface area is 127 Å². The Kier molecular flexibility index (Phi) is 4.60. The van der Waals surface area contributed by atoms with Crippen LogP contribution in [0.3, 0.4) is 0 Å². The zero-order valence-corrected chi connectivity index (χ0v) is 12.1. The van der Waals surface area contributed by atoms with E-state index in [1.165, 1.54) is 18.2 Å². The van der Waals surface area contributed by atoms with Crippen molar-refractivity contribution in [1.29, 1.82) is 0 Å². The van der Waals surface area contributed by atoms with Crippen molar-refractivity contribution < 1.29 is 9.18 Å². The maximum atomic E-state index is 13.0. The molecule has 1 amide bonds. The second-order valence-electron chi connectivity index (χ2n) is 4.56. The van der Waals surface area contributed by atoms with Crippen LogP contribution in [0, 0.1) is 12.7 Å². The zero-order chi connectivity index (χ0) is 15.4. The monoisotopic (exact) mass is 304 g/mol. The second kappa shape index (κ2) is 6.41. The number of hydrogen-bond acceptors (Lipinski definition) is 2. The molecule has 0 saturated carbocycles. The zero-order valence-electron chi connectivity index (χ0n) is 11.4. The van der Waals surface area contributed by atoms with Gasteiger partial charge >= 0.3 is 0 Å². The normalized spacial score (nSPS) is 10.8. The van der Waals surface area contributed by atoms with Crippen LogP contribution in [-0.2, 0) is 4.79 Å². The number of nitrogen functional groups attached to an aromatic ring is 1. The van der Waals surface area contributed by atoms with Crippen molar-refractivity contribution in [2.45, 2.75) is 6.92 Å². The number of hydrogen-bond donors (Lipinski definition) is 2. The van der Waals surface area contributed by atoms with Gasteiger partial charge in [0, 0.05) is 16.8 Å². The van der Waals surface area contributed by atoms with Crippen molar-refractivity contribution in [2.75, 3.05) is 11.1 Å². The number of anilines is 2. The van der Waals surface area contributed by atoms with Crippen LogP contribution in [0.2, 0.25) is 5.02 Å². The maximum absolute atomic E-state index is 13.0. The van der Waals surface area contributed by atoms with E-state index in [4.69, 9.17) is 17.3 Å². The number of rotatable bonds is 3. The van der Waals surface area contributed by atoms with Gasteiger partial charge in [-0.15, -0.1) is 0 Å². The summed E-state index contributed by atoms with van der Waals surface area (Å²) < 4.78 is 13.0. The van der Waals surface area contributed by atoms with Crippen molar-refractivity contribution in [3.05, 3.63) is 64.4 Å². The van der Waals surface area contributed by atoms with E-state index in [9.17, 15) is 9.18 Å². The summed E-state index contributed by atoms with van der Waals surface area (Å²) in [6, 6.07) is 9.47. The van der Waals surface area contributed by atoms with Crippen LogP contribution < -0.4 is 11.1 Å². The van der Waals surface area contributed by atoms with Crippen molar-refractivity contribution in [3.8, 4) is 0 Å². The minimum atomic E-state index is -0.478. The summed E-state index contributed by atoms with van der Waals surface area (Å²) in [5, 5.41) is 3.36. The highest BCUT2D eigenvalue weighted by Gasteiger charge is 2.03. The quantitative estimate of drug-likeness (QED) is 0.664. The Bertz CT molecular complexity index is 713. The van der Waals surface area contributed by atoms with Gasteiger partial charge in [-0.25, -0.2) is 4.39 Å². The SMILES string of the molecule is Cc1cc(Cl)ccc1NC(=O)/C=C/c1ccc(F)c(N)c1. The van der Waals surface area contributed by atoms with Gasteiger partial charge in [0.15, 0.2) is 0 Å². The van der Waals surface area contributed by atoms with Crippen LogP contribution in [-0.4, -0.2) is 5.91 Å². The Morgan fingerprint density at radius 2 is 2.05 bits per heavy atom. The van der Waals surface area contributed by atoms with Gasteiger partial charge in [0.05, 0.1) is 5.69 Å². The molecule has 0 atom stereocenters. The summed E-state index contributed by atoms with van der Waals surface area (Å²) in [7, 11) is 0. The summed E-state index contributed by atoms with van der Waals surface area (Å²) in [4.78, 5) is 11.8. The van der Waals surface area contributed by atoms with Gasteiger partial charge in [0.2, 0.25) is 5.91 Å². The molecule has 0 aliphatic carbocycles. The van der Waals surface area contributed by atoms with Gasteiger partial charge in [-0.05, 0) is 54.5 Å². The topological polar surface area (TPSA) is 55.1 Å². The van der Waals surface area contributed by atoms with E-state index in [1.807, 2.05) is 6.92 Å². The minimum absolute atomic E-state index is 0.0473. The van der Waals surface area contributed by atoms with Crippen LogP contribution in [0.4, 0.5) is 15.8 Å². The van der Waals surface area contributed by atoms with Crippen LogP contribution in [0.5, 0.6) is 0 Å². The average Bonchev–Trinajstić information content (AvgIpc) is 2.43. The summed E-state index contributed by atoms with van der Waals surface area (Å²) in [6.07, 6.45) is 2.93. The summed E-state index contributed by atoms with van der Waals surface area (Å²) >= 11 is 5.85. The van der Waals surface area contributed by atoms with Crippen LogP contribution in [0.1, 0.15) is 11.1 Å². The highest BCUT2D eigenvalue weighted by molar-refractivity contribution is 6.30. The highest BCUT2D eigenvalue weighted by atomic mass is 35.5. The van der Waals surface area contributed by atoms with Gasteiger partial charge in [-0.1, -0.05) is 17.7 Å². The van der Waals surface area contributed by atoms with Crippen LogP contribution >= 0.6 is 11.6 Å². The molecule has 5 heteroatoms. The number of nitrogens with two attached hydrogens (primary N) is 1. The first-order valence-electron chi connectivity index (χ1n) is 6.26. The van der Waals surface area contributed by atoms with E-state index in [0.29, 0.717) is 16.3 Å². The molecule has 0 aliphatic rings. The molecule has 0 aromatic heterocycles. The third kappa shape index (κ3) is 4.07. The number of aryl methyl sites for hydroxylation is 1. The molecular formula is C16H14ClFN2O. The van der Waals surface area contributed by atoms with E-state index in [0.717, 1.165) is 5.56 Å². The Balaban J connectivity index is 2.07. The Morgan fingerprint density at radius 3 is 2.71 bits per heavy atom. The van der Waals surface area contributed by atoms with E-state index >= 15 is 0 Å². The molecule has 2 aromatic rings. The number of benzene rings is 2. The molecule has 2 aromatic carbocycles. The minimum Gasteiger partial charge on any atom is -0.396 e. The fourth-order valence-electron chi connectivity index (χ4n) is 1.78. The average molecular weight is 305 g/mol. The number of halogens is 2. The second-order valence-corrected chi connectivity index (χ2v) is 5.00. The summed E-state index contributed by atoms with van der Waals surface area (Å²) in [6.45, 7) is 1.85. The molecule has 0 unspecified atom stereocenters. The molecule has 3 N–H and O–H groups in total. The van der Waals surface area contributed by atoms with Gasteiger partial charge in [-0.3, -0.25) is 4.79 Å². The number of carbonyl (C=O) groups is 1. The Hall–Kier alpha value is -2.33. The van der Waals surface area contributed by atoms with Gasteiger partial charge < -0.3 is 11.1 Å². The molecule has 0 fully saturated rings. The predicted molar refractivity (Wildman–Crippen MR) is 84.7 cm³/mol. The molecule has 0 heterocycles. The number of carbonyl (C=O) groups excluding carboxylic acids is 1. The van der Waals surface area contributed by atoms with Crippen molar-refractivity contribution in [3.63, 3.8) is 0 Å². The largest absolute Gasteiger partial charge is 0.396 e. The molecule has 0 saturated heterocycles. The van der Waals surface area contributed by atoms with E-state index in [1.54, 1.807) is 30.3 Å². The first-order chi connectivity index (χ1) is 9.95.